The van der Waals surface area contributed by atoms with Crippen molar-refractivity contribution in [1.29, 1.82) is 0 Å². The summed E-state index contributed by atoms with van der Waals surface area (Å²) in [5.41, 5.74) is 4.67. The van der Waals surface area contributed by atoms with Crippen LogP contribution in [-0.4, -0.2) is 15.0 Å². The molecule has 2 aromatic heterocycles. The Morgan fingerprint density at radius 3 is 3.00 bits per heavy atom. The van der Waals surface area contributed by atoms with Crippen molar-refractivity contribution >= 4 is 0 Å². The summed E-state index contributed by atoms with van der Waals surface area (Å²) in [7, 11) is 0. The molecular formula is C13H16N4. The molecule has 0 aromatic carbocycles. The van der Waals surface area contributed by atoms with E-state index in [2.05, 4.69) is 22.2 Å². The lowest BCUT2D eigenvalue weighted by Crippen LogP contribution is -2.03. The van der Waals surface area contributed by atoms with Crippen molar-refractivity contribution in [2.75, 3.05) is 0 Å². The van der Waals surface area contributed by atoms with Crippen molar-refractivity contribution in [2.45, 2.75) is 32.9 Å². The fraction of sp³-hybridized carbons (Fsp3) is 0.385. The summed E-state index contributed by atoms with van der Waals surface area (Å²) in [6.07, 6.45) is 4.05. The molecule has 1 aliphatic heterocycles. The maximum atomic E-state index is 4.69. The average molecular weight is 228 g/mol. The molecule has 0 saturated heterocycles. The van der Waals surface area contributed by atoms with E-state index in [4.69, 9.17) is 4.98 Å². The predicted octanol–water partition coefficient (Wildman–Crippen LogP) is 2.03. The first-order valence-electron chi connectivity index (χ1n) is 6.11. The molecule has 17 heavy (non-hydrogen) atoms. The van der Waals surface area contributed by atoms with Gasteiger partial charge in [-0.15, -0.1) is 0 Å². The van der Waals surface area contributed by atoms with E-state index in [-0.39, 0.29) is 0 Å². The first-order chi connectivity index (χ1) is 8.38. The van der Waals surface area contributed by atoms with Gasteiger partial charge in [-0.3, -0.25) is 0 Å². The van der Waals surface area contributed by atoms with Crippen LogP contribution >= 0.6 is 0 Å². The van der Waals surface area contributed by atoms with E-state index in [9.17, 15) is 0 Å². The number of rotatable bonds is 3. The third-order valence-electron chi connectivity index (χ3n) is 3.10. The van der Waals surface area contributed by atoms with Crippen LogP contribution in [0.5, 0.6) is 0 Å². The fourth-order valence-corrected chi connectivity index (χ4v) is 2.27. The van der Waals surface area contributed by atoms with E-state index in [0.717, 1.165) is 43.1 Å². The summed E-state index contributed by atoms with van der Waals surface area (Å²) in [5.74, 6) is 0.820. The predicted molar refractivity (Wildman–Crippen MR) is 66.4 cm³/mol. The fourth-order valence-electron chi connectivity index (χ4n) is 2.27. The molecule has 3 heterocycles. The highest BCUT2D eigenvalue weighted by Gasteiger charge is 2.18. The molecule has 2 N–H and O–H groups in total. The smallest absolute Gasteiger partial charge is 0.176 e. The minimum Gasteiger partial charge on any atom is -0.359 e. The van der Waals surface area contributed by atoms with E-state index in [1.54, 1.807) is 0 Å². The van der Waals surface area contributed by atoms with Gasteiger partial charge in [-0.25, -0.2) is 9.97 Å². The number of aromatic amines is 1. The zero-order valence-corrected chi connectivity index (χ0v) is 9.95. The Balaban J connectivity index is 2.09. The zero-order chi connectivity index (χ0) is 11.7. The zero-order valence-electron chi connectivity index (χ0n) is 9.95. The lowest BCUT2D eigenvalue weighted by molar-refractivity contribution is 0.753. The van der Waals surface area contributed by atoms with Crippen LogP contribution in [0.1, 0.15) is 30.3 Å². The van der Waals surface area contributed by atoms with Crippen molar-refractivity contribution < 1.29 is 0 Å². The Bertz CT molecular complexity index is 516. The normalized spacial score (nSPS) is 13.9. The van der Waals surface area contributed by atoms with Crippen molar-refractivity contribution in [3.63, 3.8) is 0 Å². The topological polar surface area (TPSA) is 53.6 Å². The highest BCUT2D eigenvalue weighted by Crippen LogP contribution is 2.22. The van der Waals surface area contributed by atoms with E-state index < -0.39 is 0 Å². The molecule has 0 radical (unpaired) electrons. The summed E-state index contributed by atoms with van der Waals surface area (Å²) in [6.45, 7) is 3.96. The second kappa shape index (κ2) is 4.30. The number of nitrogens with zero attached hydrogens (tertiary/aromatic N) is 2. The standard InChI is InChI=1S/C13H16N4/c1-2-4-10-9-7-14-8-12(9)17-13(16-10)11-5-3-6-15-11/h3,5-6,14-15H,2,4,7-8H2,1H3. The summed E-state index contributed by atoms with van der Waals surface area (Å²) >= 11 is 0. The van der Waals surface area contributed by atoms with Gasteiger partial charge in [0.1, 0.15) is 0 Å². The van der Waals surface area contributed by atoms with Crippen molar-refractivity contribution in [2.24, 2.45) is 0 Å². The van der Waals surface area contributed by atoms with Gasteiger partial charge < -0.3 is 10.3 Å². The minimum atomic E-state index is 0.820. The van der Waals surface area contributed by atoms with Crippen LogP contribution < -0.4 is 5.32 Å². The lowest BCUT2D eigenvalue weighted by atomic mass is 10.1. The maximum Gasteiger partial charge on any atom is 0.176 e. The molecular weight excluding hydrogens is 212 g/mol. The van der Waals surface area contributed by atoms with E-state index >= 15 is 0 Å². The first-order valence-corrected chi connectivity index (χ1v) is 6.11. The van der Waals surface area contributed by atoms with Crippen LogP contribution in [0.3, 0.4) is 0 Å². The van der Waals surface area contributed by atoms with Gasteiger partial charge in [0.05, 0.1) is 11.4 Å². The van der Waals surface area contributed by atoms with Crippen molar-refractivity contribution in [1.82, 2.24) is 20.3 Å². The molecule has 0 saturated carbocycles. The van der Waals surface area contributed by atoms with E-state index in [0.29, 0.717) is 0 Å². The average Bonchev–Trinajstić information content (AvgIpc) is 3.00. The van der Waals surface area contributed by atoms with Crippen molar-refractivity contribution in [3.05, 3.63) is 35.3 Å². The van der Waals surface area contributed by atoms with Crippen LogP contribution in [0.25, 0.3) is 11.5 Å². The molecule has 0 bridgehead atoms. The molecule has 0 atom stereocenters. The summed E-state index contributed by atoms with van der Waals surface area (Å²) in [6, 6.07) is 3.99. The quantitative estimate of drug-likeness (QED) is 0.845. The first kappa shape index (κ1) is 10.5. The molecule has 0 aliphatic carbocycles. The van der Waals surface area contributed by atoms with Gasteiger partial charge in [0.2, 0.25) is 0 Å². The molecule has 4 nitrogen and oxygen atoms in total. The molecule has 0 spiro atoms. The Morgan fingerprint density at radius 2 is 2.24 bits per heavy atom. The molecule has 4 heteroatoms. The second-order valence-electron chi connectivity index (χ2n) is 4.36. The SMILES string of the molecule is CCCc1nc(-c2ccc[nH]2)nc2c1CNC2. The number of aryl methyl sites for hydroxylation is 1. The highest BCUT2D eigenvalue weighted by molar-refractivity contribution is 5.51. The van der Waals surface area contributed by atoms with Gasteiger partial charge in [-0.05, 0) is 18.6 Å². The lowest BCUT2D eigenvalue weighted by Gasteiger charge is -2.07. The van der Waals surface area contributed by atoms with Gasteiger partial charge in [0.15, 0.2) is 5.82 Å². The molecule has 0 amide bonds. The van der Waals surface area contributed by atoms with Gasteiger partial charge in [0.25, 0.3) is 0 Å². The third kappa shape index (κ3) is 1.85. The maximum absolute atomic E-state index is 4.69. The second-order valence-corrected chi connectivity index (χ2v) is 4.36. The number of nitrogens with one attached hydrogen (secondary N) is 2. The van der Waals surface area contributed by atoms with Gasteiger partial charge in [0, 0.05) is 30.5 Å². The van der Waals surface area contributed by atoms with E-state index in [1.807, 2.05) is 18.3 Å². The molecule has 88 valence electrons. The van der Waals surface area contributed by atoms with Crippen LogP contribution in [-0.2, 0) is 19.5 Å². The largest absolute Gasteiger partial charge is 0.359 e. The molecule has 1 aliphatic rings. The molecule has 0 fully saturated rings. The van der Waals surface area contributed by atoms with Crippen LogP contribution in [0.4, 0.5) is 0 Å². The van der Waals surface area contributed by atoms with Crippen molar-refractivity contribution in [3.8, 4) is 11.5 Å². The third-order valence-corrected chi connectivity index (χ3v) is 3.10. The molecule has 2 aromatic rings. The van der Waals surface area contributed by atoms with Gasteiger partial charge >= 0.3 is 0 Å². The van der Waals surface area contributed by atoms with Crippen LogP contribution in [0, 0.1) is 0 Å². The molecule has 3 rings (SSSR count). The number of hydrogen-bond donors (Lipinski definition) is 2. The summed E-state index contributed by atoms with van der Waals surface area (Å²) < 4.78 is 0. The highest BCUT2D eigenvalue weighted by atomic mass is 15.0. The Labute approximate surface area is 101 Å². The van der Waals surface area contributed by atoms with E-state index in [1.165, 1.54) is 11.3 Å². The summed E-state index contributed by atoms with van der Waals surface area (Å²) in [4.78, 5) is 12.5. The van der Waals surface area contributed by atoms with Gasteiger partial charge in [-0.2, -0.15) is 0 Å². The number of H-pyrrole nitrogens is 1. The molecule has 0 unspecified atom stereocenters. The number of fused-ring (bicyclic) bond motifs is 1. The Hall–Kier alpha value is -1.68. The monoisotopic (exact) mass is 228 g/mol. The van der Waals surface area contributed by atoms with Crippen LogP contribution in [0.2, 0.25) is 0 Å². The van der Waals surface area contributed by atoms with Gasteiger partial charge in [-0.1, -0.05) is 13.3 Å². The Kier molecular flexibility index (Phi) is 2.65. The Morgan fingerprint density at radius 1 is 1.29 bits per heavy atom. The number of hydrogen-bond acceptors (Lipinski definition) is 3. The number of aromatic nitrogens is 3. The minimum absolute atomic E-state index is 0.820. The summed E-state index contributed by atoms with van der Waals surface area (Å²) in [5, 5.41) is 3.35. The van der Waals surface area contributed by atoms with Crippen LogP contribution in [0.15, 0.2) is 18.3 Å².